The van der Waals surface area contributed by atoms with Crippen LogP contribution in [0.3, 0.4) is 0 Å². The van der Waals surface area contributed by atoms with E-state index in [1.165, 1.54) is 28.6 Å². The molecule has 1 amide bonds. The van der Waals surface area contributed by atoms with E-state index in [1.807, 2.05) is 0 Å². The van der Waals surface area contributed by atoms with E-state index in [0.717, 1.165) is 6.42 Å². The molecular formula is C23H28N2O5S. The molecule has 1 fully saturated rings. The van der Waals surface area contributed by atoms with E-state index in [4.69, 9.17) is 4.74 Å². The number of anilines is 1. The number of nitrogens with zero attached hydrogens (tertiary/aromatic N) is 1. The van der Waals surface area contributed by atoms with Crippen molar-refractivity contribution in [1.82, 2.24) is 4.31 Å². The van der Waals surface area contributed by atoms with Crippen LogP contribution in [-0.2, 0) is 14.8 Å². The third-order valence-corrected chi connectivity index (χ3v) is 7.09. The van der Waals surface area contributed by atoms with Crippen molar-refractivity contribution in [3.05, 3.63) is 59.7 Å². The molecule has 1 heterocycles. The van der Waals surface area contributed by atoms with Crippen LogP contribution < -0.4 is 5.32 Å². The lowest BCUT2D eigenvalue weighted by Crippen LogP contribution is -2.42. The monoisotopic (exact) mass is 444 g/mol. The molecule has 166 valence electrons. The first kappa shape index (κ1) is 23.0. The molecule has 1 saturated heterocycles. The second kappa shape index (κ2) is 9.62. The SMILES string of the molecule is CCOC(=O)c1ccc(NC(=O)c2ccc(S(=O)(=O)N3C[C@H](C)C[C@H](C)C3)cc2)cc1. The molecule has 0 spiro atoms. The van der Waals surface area contributed by atoms with Crippen LogP contribution in [0.5, 0.6) is 0 Å². The first-order valence-electron chi connectivity index (χ1n) is 10.4. The highest BCUT2D eigenvalue weighted by molar-refractivity contribution is 7.89. The fourth-order valence-corrected chi connectivity index (χ4v) is 5.52. The van der Waals surface area contributed by atoms with Crippen molar-refractivity contribution < 1.29 is 22.7 Å². The molecule has 0 aliphatic carbocycles. The average Bonchev–Trinajstić information content (AvgIpc) is 2.74. The largest absolute Gasteiger partial charge is 0.462 e. The maximum Gasteiger partial charge on any atom is 0.338 e. The van der Waals surface area contributed by atoms with Gasteiger partial charge in [-0.05, 0) is 73.7 Å². The van der Waals surface area contributed by atoms with Crippen molar-refractivity contribution in [2.24, 2.45) is 11.8 Å². The lowest BCUT2D eigenvalue weighted by molar-refractivity contribution is 0.0526. The number of piperidine rings is 1. The number of benzene rings is 2. The molecule has 31 heavy (non-hydrogen) atoms. The molecule has 0 radical (unpaired) electrons. The van der Waals surface area contributed by atoms with Crippen LogP contribution >= 0.6 is 0 Å². The van der Waals surface area contributed by atoms with Crippen molar-refractivity contribution >= 4 is 27.6 Å². The molecule has 3 rings (SSSR count). The normalized spacial score (nSPS) is 19.6. The first-order chi connectivity index (χ1) is 14.7. The predicted octanol–water partition coefficient (Wildman–Crippen LogP) is 3.78. The van der Waals surface area contributed by atoms with Crippen molar-refractivity contribution in [2.75, 3.05) is 25.0 Å². The smallest absolute Gasteiger partial charge is 0.338 e. The van der Waals surface area contributed by atoms with E-state index < -0.39 is 16.0 Å². The third kappa shape index (κ3) is 5.51. The highest BCUT2D eigenvalue weighted by Crippen LogP contribution is 2.27. The first-order valence-corrected chi connectivity index (χ1v) is 11.8. The lowest BCUT2D eigenvalue weighted by atomic mass is 9.94. The van der Waals surface area contributed by atoms with Gasteiger partial charge in [0.15, 0.2) is 0 Å². The summed E-state index contributed by atoms with van der Waals surface area (Å²) in [7, 11) is -3.59. The number of ether oxygens (including phenoxy) is 1. The minimum Gasteiger partial charge on any atom is -0.462 e. The highest BCUT2D eigenvalue weighted by Gasteiger charge is 2.31. The zero-order valence-corrected chi connectivity index (χ0v) is 18.8. The van der Waals surface area contributed by atoms with Crippen LogP contribution in [0.4, 0.5) is 5.69 Å². The van der Waals surface area contributed by atoms with Crippen LogP contribution in [0, 0.1) is 11.8 Å². The maximum atomic E-state index is 13.0. The van der Waals surface area contributed by atoms with Gasteiger partial charge < -0.3 is 10.1 Å². The third-order valence-electron chi connectivity index (χ3n) is 5.24. The molecule has 7 nitrogen and oxygen atoms in total. The minimum atomic E-state index is -3.59. The van der Waals surface area contributed by atoms with Crippen molar-refractivity contribution in [2.45, 2.75) is 32.1 Å². The Morgan fingerprint density at radius 1 is 0.968 bits per heavy atom. The molecule has 2 atom stereocenters. The predicted molar refractivity (Wildman–Crippen MR) is 118 cm³/mol. The van der Waals surface area contributed by atoms with Gasteiger partial charge in [-0.3, -0.25) is 4.79 Å². The van der Waals surface area contributed by atoms with Crippen molar-refractivity contribution in [3.8, 4) is 0 Å². The molecule has 1 aliphatic rings. The minimum absolute atomic E-state index is 0.184. The van der Waals surface area contributed by atoms with Crippen molar-refractivity contribution in [3.63, 3.8) is 0 Å². The summed E-state index contributed by atoms with van der Waals surface area (Å²) < 4.78 is 32.4. The van der Waals surface area contributed by atoms with Gasteiger partial charge in [-0.25, -0.2) is 13.2 Å². The second-order valence-corrected chi connectivity index (χ2v) is 9.98. The van der Waals surface area contributed by atoms with Crippen LogP contribution in [0.2, 0.25) is 0 Å². The van der Waals surface area contributed by atoms with Gasteiger partial charge in [0, 0.05) is 24.3 Å². The summed E-state index contributed by atoms with van der Waals surface area (Å²) in [6.07, 6.45) is 1.02. The Kier molecular flexibility index (Phi) is 7.12. The number of sulfonamides is 1. The number of nitrogens with one attached hydrogen (secondary N) is 1. The van der Waals surface area contributed by atoms with E-state index >= 15 is 0 Å². The number of carbonyl (C=O) groups excluding carboxylic acids is 2. The topological polar surface area (TPSA) is 92.8 Å². The fraction of sp³-hybridized carbons (Fsp3) is 0.391. The molecule has 0 unspecified atom stereocenters. The molecular weight excluding hydrogens is 416 g/mol. The van der Waals surface area contributed by atoms with Crippen LogP contribution in [-0.4, -0.2) is 44.3 Å². The number of hydrogen-bond acceptors (Lipinski definition) is 5. The molecule has 8 heteroatoms. The highest BCUT2D eigenvalue weighted by atomic mass is 32.2. The number of carbonyl (C=O) groups is 2. The van der Waals surface area contributed by atoms with Gasteiger partial charge >= 0.3 is 5.97 Å². The zero-order valence-electron chi connectivity index (χ0n) is 18.0. The molecule has 0 bridgehead atoms. The molecule has 2 aromatic carbocycles. The van der Waals surface area contributed by atoms with Gasteiger partial charge in [-0.1, -0.05) is 13.8 Å². The fourth-order valence-electron chi connectivity index (χ4n) is 3.84. The van der Waals surface area contributed by atoms with E-state index in [1.54, 1.807) is 31.2 Å². The molecule has 0 saturated carbocycles. The summed E-state index contributed by atoms with van der Waals surface area (Å²) in [5.41, 5.74) is 1.26. The molecule has 1 N–H and O–H groups in total. The molecule has 1 aliphatic heterocycles. The van der Waals surface area contributed by atoms with Crippen LogP contribution in [0.15, 0.2) is 53.4 Å². The van der Waals surface area contributed by atoms with Gasteiger partial charge in [0.2, 0.25) is 10.0 Å². The van der Waals surface area contributed by atoms with Gasteiger partial charge in [-0.2, -0.15) is 4.31 Å². The maximum absolute atomic E-state index is 13.0. The van der Waals surface area contributed by atoms with Gasteiger partial charge in [0.05, 0.1) is 17.1 Å². The summed E-state index contributed by atoms with van der Waals surface area (Å²) >= 11 is 0. The van der Waals surface area contributed by atoms with Crippen molar-refractivity contribution in [1.29, 1.82) is 0 Å². The van der Waals surface area contributed by atoms with Crippen LogP contribution in [0.25, 0.3) is 0 Å². The van der Waals surface area contributed by atoms with E-state index in [0.29, 0.717) is 48.3 Å². The van der Waals surface area contributed by atoms with E-state index in [-0.39, 0.29) is 10.8 Å². The lowest BCUT2D eigenvalue weighted by Gasteiger charge is -2.34. The average molecular weight is 445 g/mol. The van der Waals surface area contributed by atoms with Crippen LogP contribution in [0.1, 0.15) is 47.9 Å². The quantitative estimate of drug-likeness (QED) is 0.685. The van der Waals surface area contributed by atoms with E-state index in [2.05, 4.69) is 19.2 Å². The Hall–Kier alpha value is -2.71. The van der Waals surface area contributed by atoms with Gasteiger partial charge in [0.1, 0.15) is 0 Å². The number of esters is 1. The summed E-state index contributed by atoms with van der Waals surface area (Å²) in [5.74, 6) is -0.152. The summed E-state index contributed by atoms with van der Waals surface area (Å²) in [6.45, 7) is 7.17. The summed E-state index contributed by atoms with van der Waals surface area (Å²) in [4.78, 5) is 24.4. The van der Waals surface area contributed by atoms with Gasteiger partial charge in [0.25, 0.3) is 5.91 Å². The summed E-state index contributed by atoms with van der Waals surface area (Å²) in [6, 6.07) is 12.3. The number of rotatable bonds is 6. The van der Waals surface area contributed by atoms with E-state index in [9.17, 15) is 18.0 Å². The molecule has 2 aromatic rings. The summed E-state index contributed by atoms with van der Waals surface area (Å²) in [5, 5.41) is 2.74. The Morgan fingerprint density at radius 2 is 1.52 bits per heavy atom. The van der Waals surface area contributed by atoms with Gasteiger partial charge in [-0.15, -0.1) is 0 Å². The Labute approximate surface area is 183 Å². The Balaban J connectivity index is 1.68. The molecule has 0 aromatic heterocycles. The zero-order chi connectivity index (χ0) is 22.6. The number of amides is 1. The standard InChI is InChI=1S/C23H28N2O5S/c1-4-30-23(27)19-5-9-20(10-6-19)24-22(26)18-7-11-21(12-8-18)31(28,29)25-14-16(2)13-17(3)15-25/h5-12,16-17H,4,13-15H2,1-3H3,(H,24,26)/t16-,17+. The second-order valence-electron chi connectivity index (χ2n) is 8.04. The Bertz CT molecular complexity index is 1020. The number of hydrogen-bond donors (Lipinski definition) is 1. The Morgan fingerprint density at radius 3 is 2.06 bits per heavy atom.